The molecule has 4 aromatic rings. The third-order valence-corrected chi connectivity index (χ3v) is 7.14. The molecule has 0 atom stereocenters. The van der Waals surface area contributed by atoms with Gasteiger partial charge in [-0.05, 0) is 62.4 Å². The number of halogens is 1. The molecular weight excluding hydrogens is 520 g/mol. The standard InChI is InChI=1S/C26H27BrN8O/c1-33-11-13-34(14-12-33)20-7-5-19(6-8-20)29-25-28-16-22-23(31-25)35(21-9-10-21)26(30-22)32-24(36)17-3-2-4-18(27)15-17/h2-8,15-16,21H,9-14H2,1H3,(H,28,29,31)(H,30,32,36). The van der Waals surface area contributed by atoms with Gasteiger partial charge in [0.15, 0.2) is 5.65 Å². The number of amides is 1. The molecule has 2 aromatic carbocycles. The van der Waals surface area contributed by atoms with Crippen molar-refractivity contribution in [2.24, 2.45) is 0 Å². The molecule has 36 heavy (non-hydrogen) atoms. The fourth-order valence-corrected chi connectivity index (χ4v) is 4.87. The quantitative estimate of drug-likeness (QED) is 0.363. The van der Waals surface area contributed by atoms with E-state index in [9.17, 15) is 4.79 Å². The van der Waals surface area contributed by atoms with E-state index in [1.165, 1.54) is 5.69 Å². The number of nitrogens with zero attached hydrogens (tertiary/aromatic N) is 6. The van der Waals surface area contributed by atoms with Crippen molar-refractivity contribution in [1.82, 2.24) is 24.4 Å². The minimum atomic E-state index is -0.208. The second-order valence-electron chi connectivity index (χ2n) is 9.37. The molecule has 1 amide bonds. The molecule has 2 aliphatic rings. The normalized spacial score (nSPS) is 16.3. The van der Waals surface area contributed by atoms with E-state index in [4.69, 9.17) is 4.98 Å². The van der Waals surface area contributed by atoms with Crippen LogP contribution in [-0.2, 0) is 0 Å². The summed E-state index contributed by atoms with van der Waals surface area (Å²) in [4.78, 5) is 31.5. The van der Waals surface area contributed by atoms with Crippen molar-refractivity contribution in [1.29, 1.82) is 0 Å². The van der Waals surface area contributed by atoms with Crippen molar-refractivity contribution in [3.8, 4) is 0 Å². The van der Waals surface area contributed by atoms with Crippen molar-refractivity contribution in [2.75, 3.05) is 48.8 Å². The number of piperazine rings is 1. The van der Waals surface area contributed by atoms with E-state index >= 15 is 0 Å². The first-order valence-electron chi connectivity index (χ1n) is 12.2. The van der Waals surface area contributed by atoms with Crippen molar-refractivity contribution in [2.45, 2.75) is 18.9 Å². The number of imidazole rings is 1. The SMILES string of the molecule is CN1CCN(c2ccc(Nc3ncc4nc(NC(=O)c5cccc(Br)c5)n(C5CC5)c4n3)cc2)CC1. The lowest BCUT2D eigenvalue weighted by Gasteiger charge is -2.34. The topological polar surface area (TPSA) is 91.2 Å². The Kier molecular flexibility index (Phi) is 6.06. The van der Waals surface area contributed by atoms with Crippen LogP contribution in [0.2, 0.25) is 0 Å². The molecule has 0 radical (unpaired) electrons. The van der Waals surface area contributed by atoms with Crippen molar-refractivity contribution >= 4 is 56.3 Å². The van der Waals surface area contributed by atoms with Gasteiger partial charge in [0.25, 0.3) is 5.91 Å². The fourth-order valence-electron chi connectivity index (χ4n) is 4.47. The highest BCUT2D eigenvalue weighted by molar-refractivity contribution is 9.10. The van der Waals surface area contributed by atoms with E-state index < -0.39 is 0 Å². The molecule has 1 aliphatic carbocycles. The van der Waals surface area contributed by atoms with Crippen LogP contribution in [-0.4, -0.2) is 63.6 Å². The lowest BCUT2D eigenvalue weighted by molar-refractivity contribution is 0.102. The summed E-state index contributed by atoms with van der Waals surface area (Å²) in [6.07, 6.45) is 3.77. The zero-order valence-corrected chi connectivity index (χ0v) is 21.6. The van der Waals surface area contributed by atoms with E-state index in [0.717, 1.165) is 49.2 Å². The molecule has 0 bridgehead atoms. The molecule has 10 heteroatoms. The summed E-state index contributed by atoms with van der Waals surface area (Å²) in [7, 11) is 2.16. The maximum atomic E-state index is 12.9. The van der Waals surface area contributed by atoms with Gasteiger partial charge in [0, 0.05) is 53.6 Å². The van der Waals surface area contributed by atoms with Gasteiger partial charge in [-0.2, -0.15) is 4.98 Å². The zero-order valence-electron chi connectivity index (χ0n) is 20.0. The van der Waals surface area contributed by atoms with Gasteiger partial charge in [-0.25, -0.2) is 9.97 Å². The lowest BCUT2D eigenvalue weighted by atomic mass is 10.2. The van der Waals surface area contributed by atoms with Crippen LogP contribution in [0.4, 0.5) is 23.3 Å². The Bertz CT molecular complexity index is 1410. The van der Waals surface area contributed by atoms with E-state index in [2.05, 4.69) is 77.6 Å². The van der Waals surface area contributed by atoms with Crippen molar-refractivity contribution in [3.63, 3.8) is 0 Å². The van der Waals surface area contributed by atoms with Gasteiger partial charge in [-0.1, -0.05) is 22.0 Å². The molecule has 6 rings (SSSR count). The highest BCUT2D eigenvalue weighted by atomic mass is 79.9. The number of fused-ring (bicyclic) bond motifs is 1. The van der Waals surface area contributed by atoms with Crippen molar-refractivity contribution < 1.29 is 4.79 Å². The predicted octanol–water partition coefficient (Wildman–Crippen LogP) is 4.67. The first kappa shape index (κ1) is 22.9. The molecule has 0 spiro atoms. The number of rotatable bonds is 6. The van der Waals surface area contributed by atoms with Crippen LogP contribution in [0.1, 0.15) is 29.2 Å². The van der Waals surface area contributed by atoms with Crippen LogP contribution >= 0.6 is 15.9 Å². The number of carbonyl (C=O) groups is 1. The van der Waals surface area contributed by atoms with Gasteiger partial charge < -0.3 is 15.1 Å². The number of benzene rings is 2. The molecule has 3 heterocycles. The number of hydrogen-bond donors (Lipinski definition) is 2. The van der Waals surface area contributed by atoms with E-state index in [0.29, 0.717) is 28.6 Å². The molecule has 0 unspecified atom stereocenters. The highest BCUT2D eigenvalue weighted by Gasteiger charge is 2.30. The summed E-state index contributed by atoms with van der Waals surface area (Å²) in [5, 5.41) is 6.29. The minimum Gasteiger partial charge on any atom is -0.369 e. The van der Waals surface area contributed by atoms with Gasteiger partial charge in [-0.15, -0.1) is 0 Å². The number of carbonyl (C=O) groups excluding carboxylic acids is 1. The molecule has 184 valence electrons. The molecule has 1 saturated heterocycles. The summed E-state index contributed by atoms with van der Waals surface area (Å²) in [6, 6.07) is 16.0. The Morgan fingerprint density at radius 2 is 1.81 bits per heavy atom. The van der Waals surface area contributed by atoms with Gasteiger partial charge in [0.1, 0.15) is 5.52 Å². The average Bonchev–Trinajstić information content (AvgIpc) is 3.66. The van der Waals surface area contributed by atoms with Crippen LogP contribution in [0, 0.1) is 0 Å². The van der Waals surface area contributed by atoms with Crippen LogP contribution in [0.3, 0.4) is 0 Å². The zero-order chi connectivity index (χ0) is 24.6. The Hall–Kier alpha value is -3.50. The first-order valence-corrected chi connectivity index (χ1v) is 13.0. The predicted molar refractivity (Wildman–Crippen MR) is 145 cm³/mol. The number of nitrogens with one attached hydrogen (secondary N) is 2. The van der Waals surface area contributed by atoms with Gasteiger partial charge in [0.2, 0.25) is 11.9 Å². The summed E-state index contributed by atoms with van der Waals surface area (Å²) in [6.45, 7) is 4.23. The summed E-state index contributed by atoms with van der Waals surface area (Å²) < 4.78 is 2.87. The Balaban J connectivity index is 1.22. The highest BCUT2D eigenvalue weighted by Crippen LogP contribution is 2.40. The number of aromatic nitrogens is 4. The average molecular weight is 547 g/mol. The molecular formula is C26H27BrN8O. The Morgan fingerprint density at radius 3 is 2.53 bits per heavy atom. The number of hydrogen-bond acceptors (Lipinski definition) is 7. The molecule has 1 saturated carbocycles. The molecule has 2 N–H and O–H groups in total. The second-order valence-corrected chi connectivity index (χ2v) is 10.3. The summed E-state index contributed by atoms with van der Waals surface area (Å²) in [5.74, 6) is 0.794. The smallest absolute Gasteiger partial charge is 0.258 e. The number of anilines is 4. The lowest BCUT2D eigenvalue weighted by Crippen LogP contribution is -2.44. The van der Waals surface area contributed by atoms with Gasteiger partial charge in [-0.3, -0.25) is 14.7 Å². The van der Waals surface area contributed by atoms with E-state index in [1.807, 2.05) is 16.7 Å². The van der Waals surface area contributed by atoms with E-state index in [-0.39, 0.29) is 11.9 Å². The third kappa shape index (κ3) is 4.78. The fraction of sp³-hybridized carbons (Fsp3) is 0.308. The summed E-state index contributed by atoms with van der Waals surface area (Å²) >= 11 is 3.42. The Morgan fingerprint density at radius 1 is 1.03 bits per heavy atom. The third-order valence-electron chi connectivity index (χ3n) is 6.65. The first-order chi connectivity index (χ1) is 17.5. The minimum absolute atomic E-state index is 0.208. The van der Waals surface area contributed by atoms with Gasteiger partial charge in [0.05, 0.1) is 6.20 Å². The van der Waals surface area contributed by atoms with Crippen LogP contribution < -0.4 is 15.5 Å². The maximum absolute atomic E-state index is 12.9. The molecule has 9 nitrogen and oxygen atoms in total. The monoisotopic (exact) mass is 546 g/mol. The summed E-state index contributed by atoms with van der Waals surface area (Å²) in [5.41, 5.74) is 4.08. The molecule has 1 aliphatic heterocycles. The van der Waals surface area contributed by atoms with E-state index in [1.54, 1.807) is 18.3 Å². The molecule has 2 aromatic heterocycles. The van der Waals surface area contributed by atoms with Gasteiger partial charge >= 0.3 is 0 Å². The van der Waals surface area contributed by atoms with Crippen LogP contribution in [0.15, 0.2) is 59.2 Å². The number of likely N-dealkylation sites (N-methyl/N-ethyl adjacent to an activating group) is 1. The van der Waals surface area contributed by atoms with Crippen molar-refractivity contribution in [3.05, 3.63) is 64.8 Å². The maximum Gasteiger partial charge on any atom is 0.258 e. The van der Waals surface area contributed by atoms with Crippen LogP contribution in [0.5, 0.6) is 0 Å². The second kappa shape index (κ2) is 9.51. The largest absolute Gasteiger partial charge is 0.369 e. The molecule has 2 fully saturated rings. The van der Waals surface area contributed by atoms with Crippen LogP contribution in [0.25, 0.3) is 11.2 Å². The Labute approximate surface area is 217 Å².